The Morgan fingerprint density at radius 1 is 1.08 bits per heavy atom. The number of hydrogen-bond acceptors (Lipinski definition) is 6. The second kappa shape index (κ2) is 8.48. The van der Waals surface area contributed by atoms with Gasteiger partial charge in [0.15, 0.2) is 5.11 Å². The molecule has 0 aliphatic heterocycles. The highest BCUT2D eigenvalue weighted by Gasteiger charge is 2.26. The summed E-state index contributed by atoms with van der Waals surface area (Å²) < 4.78 is 9.57. The van der Waals surface area contributed by atoms with Crippen LogP contribution in [-0.2, 0) is 9.47 Å². The minimum absolute atomic E-state index is 0.241. The standard InChI is InChI=1S/C17H17ClN2O4S2/c1-8-10(18)6-5-7-11(8)19-17(25)20-14-12(15(21)23-3)9(2)13(26-14)16(22)24-4/h5-7H,1-4H3,(H2,19,20,25). The van der Waals surface area contributed by atoms with E-state index in [1.165, 1.54) is 14.2 Å². The Bertz CT molecular complexity index is 880. The molecule has 1 heterocycles. The van der Waals surface area contributed by atoms with Crippen LogP contribution in [0.3, 0.4) is 0 Å². The maximum absolute atomic E-state index is 12.1. The number of thiophene rings is 1. The van der Waals surface area contributed by atoms with Crippen LogP contribution >= 0.6 is 35.2 Å². The summed E-state index contributed by atoms with van der Waals surface area (Å²) in [7, 11) is 2.55. The maximum Gasteiger partial charge on any atom is 0.348 e. The third-order valence-electron chi connectivity index (χ3n) is 3.65. The maximum atomic E-state index is 12.1. The molecule has 0 atom stereocenters. The van der Waals surface area contributed by atoms with E-state index in [1.54, 1.807) is 19.1 Å². The van der Waals surface area contributed by atoms with Gasteiger partial charge in [-0.2, -0.15) is 0 Å². The fraction of sp³-hybridized carbons (Fsp3) is 0.235. The van der Waals surface area contributed by atoms with Crippen molar-refractivity contribution in [2.24, 2.45) is 0 Å². The van der Waals surface area contributed by atoms with Gasteiger partial charge in [-0.3, -0.25) is 0 Å². The van der Waals surface area contributed by atoms with Gasteiger partial charge in [0.1, 0.15) is 9.88 Å². The van der Waals surface area contributed by atoms with E-state index in [-0.39, 0.29) is 10.7 Å². The predicted molar refractivity (Wildman–Crippen MR) is 108 cm³/mol. The van der Waals surface area contributed by atoms with Crippen LogP contribution in [0.2, 0.25) is 5.02 Å². The third-order valence-corrected chi connectivity index (χ3v) is 5.45. The topological polar surface area (TPSA) is 76.7 Å². The zero-order valence-corrected chi connectivity index (χ0v) is 16.9. The zero-order valence-electron chi connectivity index (χ0n) is 14.6. The smallest absolute Gasteiger partial charge is 0.348 e. The Hall–Kier alpha value is -2.16. The fourth-order valence-corrected chi connectivity index (χ4v) is 3.81. The van der Waals surface area contributed by atoms with E-state index in [0.717, 1.165) is 22.6 Å². The van der Waals surface area contributed by atoms with Crippen LogP contribution in [0, 0.1) is 13.8 Å². The van der Waals surface area contributed by atoms with Crippen LogP contribution in [-0.4, -0.2) is 31.3 Å². The molecule has 0 bridgehead atoms. The average Bonchev–Trinajstić information content (AvgIpc) is 2.93. The first kappa shape index (κ1) is 20.2. The lowest BCUT2D eigenvalue weighted by Gasteiger charge is -2.13. The number of nitrogens with one attached hydrogen (secondary N) is 2. The molecule has 2 rings (SSSR count). The number of hydrogen-bond donors (Lipinski definition) is 2. The molecule has 0 amide bonds. The van der Waals surface area contributed by atoms with Crippen molar-refractivity contribution in [1.82, 2.24) is 0 Å². The Morgan fingerprint density at radius 2 is 1.73 bits per heavy atom. The molecule has 26 heavy (non-hydrogen) atoms. The van der Waals surface area contributed by atoms with E-state index >= 15 is 0 Å². The molecule has 0 aliphatic rings. The lowest BCUT2D eigenvalue weighted by molar-refractivity contribution is 0.0601. The molecular formula is C17H17ClN2O4S2. The van der Waals surface area contributed by atoms with Gasteiger partial charge in [0.25, 0.3) is 0 Å². The van der Waals surface area contributed by atoms with Crippen molar-refractivity contribution in [3.05, 3.63) is 44.8 Å². The van der Waals surface area contributed by atoms with Gasteiger partial charge in [0.05, 0.1) is 19.8 Å². The number of carbonyl (C=O) groups is 2. The second-order valence-electron chi connectivity index (χ2n) is 5.23. The minimum atomic E-state index is -0.571. The van der Waals surface area contributed by atoms with Crippen molar-refractivity contribution < 1.29 is 19.1 Å². The number of thiocarbonyl (C=S) groups is 1. The SMILES string of the molecule is COC(=O)c1sc(NC(=S)Nc2cccc(Cl)c2C)c(C(=O)OC)c1C. The van der Waals surface area contributed by atoms with Crippen LogP contribution in [0.5, 0.6) is 0 Å². The number of rotatable bonds is 4. The van der Waals surface area contributed by atoms with Gasteiger partial charge in [-0.05, 0) is 49.3 Å². The van der Waals surface area contributed by atoms with Gasteiger partial charge in [-0.25, -0.2) is 9.59 Å². The zero-order chi connectivity index (χ0) is 19.4. The molecule has 2 N–H and O–H groups in total. The van der Waals surface area contributed by atoms with Gasteiger partial charge in [0, 0.05) is 10.7 Å². The van der Waals surface area contributed by atoms with Crippen molar-refractivity contribution in [2.45, 2.75) is 13.8 Å². The van der Waals surface area contributed by atoms with E-state index in [2.05, 4.69) is 10.6 Å². The molecule has 0 spiro atoms. The molecule has 0 aliphatic carbocycles. The Labute approximate surface area is 165 Å². The Balaban J connectivity index is 2.32. The second-order valence-corrected chi connectivity index (χ2v) is 7.07. The number of anilines is 2. The van der Waals surface area contributed by atoms with Crippen molar-refractivity contribution >= 4 is 62.9 Å². The Kier molecular flexibility index (Phi) is 6.57. The molecule has 9 heteroatoms. The molecule has 0 unspecified atom stereocenters. The summed E-state index contributed by atoms with van der Waals surface area (Å²) in [6.45, 7) is 3.51. The highest BCUT2D eigenvalue weighted by atomic mass is 35.5. The van der Waals surface area contributed by atoms with Crippen molar-refractivity contribution in [3.8, 4) is 0 Å². The summed E-state index contributed by atoms with van der Waals surface area (Å²) in [5, 5.41) is 7.23. The minimum Gasteiger partial charge on any atom is -0.465 e. The summed E-state index contributed by atoms with van der Waals surface area (Å²) in [6, 6.07) is 5.40. The molecule has 0 saturated carbocycles. The number of ether oxygens (including phenoxy) is 2. The first-order valence-corrected chi connectivity index (χ1v) is 9.03. The first-order chi connectivity index (χ1) is 12.3. The van der Waals surface area contributed by atoms with Crippen molar-refractivity contribution in [2.75, 3.05) is 24.9 Å². The molecule has 1 aromatic heterocycles. The van der Waals surface area contributed by atoms with Crippen LogP contribution in [0.15, 0.2) is 18.2 Å². The van der Waals surface area contributed by atoms with Crippen LogP contribution in [0.4, 0.5) is 10.7 Å². The predicted octanol–water partition coefficient (Wildman–Crippen LogP) is 4.40. The fourth-order valence-electron chi connectivity index (χ4n) is 2.24. The highest BCUT2D eigenvalue weighted by molar-refractivity contribution is 7.80. The normalized spacial score (nSPS) is 10.2. The largest absolute Gasteiger partial charge is 0.465 e. The Morgan fingerprint density at radius 3 is 2.35 bits per heavy atom. The van der Waals surface area contributed by atoms with E-state index in [9.17, 15) is 9.59 Å². The molecule has 0 radical (unpaired) electrons. The quantitative estimate of drug-likeness (QED) is 0.569. The van der Waals surface area contributed by atoms with Gasteiger partial charge in [-0.15, -0.1) is 11.3 Å². The number of methoxy groups -OCH3 is 2. The van der Waals surface area contributed by atoms with Crippen LogP contribution in [0.25, 0.3) is 0 Å². The molecule has 0 saturated heterocycles. The van der Waals surface area contributed by atoms with Gasteiger partial charge < -0.3 is 20.1 Å². The molecule has 2 aromatic rings. The summed E-state index contributed by atoms with van der Waals surface area (Å²) in [5.41, 5.74) is 2.28. The van der Waals surface area contributed by atoms with Crippen LogP contribution in [0.1, 0.15) is 31.2 Å². The summed E-state index contributed by atoms with van der Waals surface area (Å²) in [5.74, 6) is -1.10. The summed E-state index contributed by atoms with van der Waals surface area (Å²) in [6.07, 6.45) is 0. The average molecular weight is 413 g/mol. The van der Waals surface area contributed by atoms with Crippen molar-refractivity contribution in [1.29, 1.82) is 0 Å². The third kappa shape index (κ3) is 4.14. The van der Waals surface area contributed by atoms with E-state index < -0.39 is 11.9 Å². The lowest BCUT2D eigenvalue weighted by Crippen LogP contribution is -2.20. The van der Waals surface area contributed by atoms with E-state index in [4.69, 9.17) is 33.3 Å². The van der Waals surface area contributed by atoms with Gasteiger partial charge >= 0.3 is 11.9 Å². The number of halogens is 1. The molecule has 138 valence electrons. The summed E-state index contributed by atoms with van der Waals surface area (Å²) >= 11 is 12.5. The highest BCUT2D eigenvalue weighted by Crippen LogP contribution is 2.34. The molecule has 0 fully saturated rings. The first-order valence-electron chi connectivity index (χ1n) is 7.43. The molecule has 1 aromatic carbocycles. The van der Waals surface area contributed by atoms with Gasteiger partial charge in [-0.1, -0.05) is 17.7 Å². The van der Waals surface area contributed by atoms with Crippen molar-refractivity contribution in [3.63, 3.8) is 0 Å². The summed E-state index contributed by atoms with van der Waals surface area (Å²) in [4.78, 5) is 24.3. The monoisotopic (exact) mass is 412 g/mol. The number of carbonyl (C=O) groups excluding carboxylic acids is 2. The number of esters is 2. The van der Waals surface area contributed by atoms with E-state index in [1.807, 2.05) is 13.0 Å². The number of benzene rings is 1. The lowest BCUT2D eigenvalue weighted by atomic mass is 10.1. The van der Waals surface area contributed by atoms with Crippen LogP contribution < -0.4 is 10.6 Å². The van der Waals surface area contributed by atoms with Gasteiger partial charge in [0.2, 0.25) is 0 Å². The molecule has 6 nitrogen and oxygen atoms in total. The van der Waals surface area contributed by atoms with E-state index in [0.29, 0.717) is 20.5 Å². The molecular weight excluding hydrogens is 396 g/mol.